The van der Waals surface area contributed by atoms with Gasteiger partial charge in [-0.3, -0.25) is 23.4 Å². The first kappa shape index (κ1) is 71.9. The molecule has 0 fully saturated rings. The summed E-state index contributed by atoms with van der Waals surface area (Å²) in [4.78, 5) is 48.6. The van der Waals surface area contributed by atoms with Gasteiger partial charge in [0.2, 0.25) is 0 Å². The van der Waals surface area contributed by atoms with Gasteiger partial charge in [-0.25, -0.2) is 4.57 Å². The highest BCUT2D eigenvalue weighted by Crippen LogP contribution is 2.43. The van der Waals surface area contributed by atoms with Gasteiger partial charge in [-0.1, -0.05) is 200 Å². The standard InChI is InChI=1S/C64H105O11P/c1-4-7-10-13-16-19-22-25-28-30-33-36-39-42-45-48-51-54-63(67)74-60(56-65)58-72-76(69,70)73-59-61(57-71-62(66)53-50-47-44-41-38-35-32-27-24-21-18-15-12-9-6-3)75-64(68)55-52-49-46-43-40-37-34-31-29-26-23-20-17-14-11-8-5-2/h8-9,11-12,16-21,25-29,32,34,37-38,41,60-61,65H,4-7,10,13-15,22-24,30-31,33,35-36,39-40,42-59H2,1-3H3,(H,69,70)/b11-8-,12-9-,19-16-,20-17-,21-18-,28-25-,29-26-,32-27-,37-34-,41-38-. The Hall–Kier alpha value is -4.12. The van der Waals surface area contributed by atoms with E-state index in [1.165, 1.54) is 38.5 Å². The molecule has 0 aliphatic carbocycles. The highest BCUT2D eigenvalue weighted by Gasteiger charge is 2.28. The average Bonchev–Trinajstić information content (AvgIpc) is 3.41. The van der Waals surface area contributed by atoms with Crippen LogP contribution in [-0.4, -0.2) is 66.5 Å². The predicted octanol–water partition coefficient (Wildman–Crippen LogP) is 17.6. The number of hydrogen-bond donors (Lipinski definition) is 2. The molecule has 432 valence electrons. The first-order valence-corrected chi connectivity index (χ1v) is 30.9. The summed E-state index contributed by atoms with van der Waals surface area (Å²) in [6.07, 6.45) is 70.1. The molecule has 2 N–H and O–H groups in total. The molecule has 0 amide bonds. The molecule has 0 aliphatic heterocycles. The number of hydrogen-bond acceptors (Lipinski definition) is 10. The smallest absolute Gasteiger partial charge is 0.462 e. The summed E-state index contributed by atoms with van der Waals surface area (Å²) in [6, 6.07) is 0. The molecule has 11 nitrogen and oxygen atoms in total. The van der Waals surface area contributed by atoms with E-state index in [0.29, 0.717) is 19.3 Å². The van der Waals surface area contributed by atoms with Crippen LogP contribution in [0.4, 0.5) is 0 Å². The maximum Gasteiger partial charge on any atom is 0.472 e. The van der Waals surface area contributed by atoms with Crippen LogP contribution in [0.5, 0.6) is 0 Å². The molecule has 0 rings (SSSR count). The largest absolute Gasteiger partial charge is 0.472 e. The Kier molecular flexibility index (Phi) is 54.0. The van der Waals surface area contributed by atoms with Gasteiger partial charge in [0.15, 0.2) is 6.10 Å². The Labute approximate surface area is 462 Å². The molecule has 0 saturated heterocycles. The first-order valence-electron chi connectivity index (χ1n) is 29.4. The number of ether oxygens (including phenoxy) is 3. The van der Waals surface area contributed by atoms with Crippen LogP contribution in [0, 0.1) is 0 Å². The third kappa shape index (κ3) is 54.7. The third-order valence-electron chi connectivity index (χ3n) is 11.8. The molecule has 0 heterocycles. The number of phosphoric ester groups is 1. The van der Waals surface area contributed by atoms with Crippen molar-refractivity contribution in [2.45, 2.75) is 238 Å². The molecule has 0 aromatic rings. The van der Waals surface area contributed by atoms with Crippen LogP contribution in [0.2, 0.25) is 0 Å². The van der Waals surface area contributed by atoms with Crippen LogP contribution in [0.25, 0.3) is 0 Å². The van der Waals surface area contributed by atoms with Crippen molar-refractivity contribution >= 4 is 25.7 Å². The highest BCUT2D eigenvalue weighted by atomic mass is 31.2. The summed E-state index contributed by atoms with van der Waals surface area (Å²) in [5.41, 5.74) is 0. The number of carbonyl (C=O) groups excluding carboxylic acids is 3. The van der Waals surface area contributed by atoms with E-state index in [1.54, 1.807) is 0 Å². The summed E-state index contributed by atoms with van der Waals surface area (Å²) < 4.78 is 39.5. The second-order valence-electron chi connectivity index (χ2n) is 19.0. The zero-order valence-electron chi connectivity index (χ0n) is 47.7. The Morgan fingerprint density at radius 2 is 0.684 bits per heavy atom. The Morgan fingerprint density at radius 1 is 0.382 bits per heavy atom. The normalized spacial score (nSPS) is 14.2. The summed E-state index contributed by atoms with van der Waals surface area (Å²) >= 11 is 0. The van der Waals surface area contributed by atoms with E-state index < -0.39 is 57.8 Å². The van der Waals surface area contributed by atoms with E-state index >= 15 is 0 Å². The van der Waals surface area contributed by atoms with E-state index in [0.717, 1.165) is 128 Å². The van der Waals surface area contributed by atoms with Crippen molar-refractivity contribution in [2.24, 2.45) is 0 Å². The van der Waals surface area contributed by atoms with Gasteiger partial charge in [0.25, 0.3) is 0 Å². The Morgan fingerprint density at radius 3 is 1.08 bits per heavy atom. The zero-order valence-corrected chi connectivity index (χ0v) is 48.6. The van der Waals surface area contributed by atoms with E-state index in [9.17, 15) is 28.9 Å². The lowest BCUT2D eigenvalue weighted by molar-refractivity contribution is -0.161. The van der Waals surface area contributed by atoms with E-state index in [-0.39, 0.29) is 25.9 Å². The molecule has 0 spiro atoms. The van der Waals surface area contributed by atoms with Gasteiger partial charge in [-0.05, 0) is 128 Å². The van der Waals surface area contributed by atoms with Crippen LogP contribution in [0.1, 0.15) is 226 Å². The van der Waals surface area contributed by atoms with Crippen molar-refractivity contribution in [3.05, 3.63) is 122 Å². The Balaban J connectivity index is 4.82. The molecule has 12 heteroatoms. The number of unbranched alkanes of at least 4 members (excludes halogenated alkanes) is 16. The molecular weight excluding hydrogens is 976 g/mol. The second-order valence-corrected chi connectivity index (χ2v) is 20.5. The fourth-order valence-electron chi connectivity index (χ4n) is 7.43. The molecule has 0 aromatic carbocycles. The number of aliphatic hydroxyl groups is 1. The van der Waals surface area contributed by atoms with Gasteiger partial charge in [0.1, 0.15) is 12.7 Å². The fourth-order valence-corrected chi connectivity index (χ4v) is 8.21. The number of phosphoric acid groups is 1. The number of carbonyl (C=O) groups is 3. The minimum atomic E-state index is -4.78. The topological polar surface area (TPSA) is 155 Å². The molecule has 0 radical (unpaired) electrons. The van der Waals surface area contributed by atoms with Gasteiger partial charge < -0.3 is 24.2 Å². The van der Waals surface area contributed by atoms with Crippen molar-refractivity contribution in [1.29, 1.82) is 0 Å². The fraction of sp³-hybridized carbons (Fsp3) is 0.641. The molecule has 0 saturated carbocycles. The van der Waals surface area contributed by atoms with E-state index in [1.807, 2.05) is 0 Å². The van der Waals surface area contributed by atoms with Crippen molar-refractivity contribution in [1.82, 2.24) is 0 Å². The van der Waals surface area contributed by atoms with Crippen LogP contribution in [0.15, 0.2) is 122 Å². The van der Waals surface area contributed by atoms with Gasteiger partial charge in [-0.2, -0.15) is 0 Å². The quantitative estimate of drug-likeness (QED) is 0.0197. The lowest BCUT2D eigenvalue weighted by Gasteiger charge is -2.21. The minimum Gasteiger partial charge on any atom is -0.462 e. The molecule has 3 atom stereocenters. The van der Waals surface area contributed by atoms with E-state index in [4.69, 9.17) is 23.3 Å². The minimum absolute atomic E-state index is 0.123. The third-order valence-corrected chi connectivity index (χ3v) is 12.8. The molecule has 76 heavy (non-hydrogen) atoms. The molecule has 0 bridgehead atoms. The van der Waals surface area contributed by atoms with Crippen LogP contribution >= 0.6 is 7.82 Å². The van der Waals surface area contributed by atoms with Crippen molar-refractivity contribution in [3.63, 3.8) is 0 Å². The lowest BCUT2D eigenvalue weighted by atomic mass is 10.1. The summed E-state index contributed by atoms with van der Waals surface area (Å²) in [7, 11) is -4.78. The maximum absolute atomic E-state index is 12.9. The summed E-state index contributed by atoms with van der Waals surface area (Å²) in [6.45, 7) is 4.30. The zero-order chi connectivity index (χ0) is 55.5. The van der Waals surface area contributed by atoms with Crippen LogP contribution in [0.3, 0.4) is 0 Å². The summed E-state index contributed by atoms with van der Waals surface area (Å²) in [5, 5.41) is 9.83. The Bertz CT molecular complexity index is 1740. The monoisotopic (exact) mass is 1080 g/mol. The van der Waals surface area contributed by atoms with Crippen molar-refractivity contribution in [3.8, 4) is 0 Å². The van der Waals surface area contributed by atoms with Crippen LogP contribution < -0.4 is 0 Å². The second kappa shape index (κ2) is 57.1. The van der Waals surface area contributed by atoms with Gasteiger partial charge in [0.05, 0.1) is 19.8 Å². The molecule has 0 aliphatic rings. The molecular formula is C64H105O11P. The van der Waals surface area contributed by atoms with Gasteiger partial charge in [0, 0.05) is 19.3 Å². The molecule has 0 aromatic heterocycles. The number of aliphatic hydroxyl groups excluding tert-OH is 1. The first-order chi connectivity index (χ1) is 37.2. The molecule has 3 unspecified atom stereocenters. The van der Waals surface area contributed by atoms with Crippen molar-refractivity contribution < 1.29 is 52.2 Å². The number of esters is 3. The predicted molar refractivity (Wildman–Crippen MR) is 316 cm³/mol. The summed E-state index contributed by atoms with van der Waals surface area (Å²) in [5.74, 6) is -1.56. The van der Waals surface area contributed by atoms with Crippen LogP contribution in [-0.2, 0) is 42.2 Å². The number of rotatable bonds is 53. The maximum atomic E-state index is 12.9. The van der Waals surface area contributed by atoms with Gasteiger partial charge in [-0.15, -0.1) is 0 Å². The lowest BCUT2D eigenvalue weighted by Crippen LogP contribution is -2.30. The SMILES string of the molecule is CC/C=C\C/C=C\C/C=C\C/C=C\CCCCCCC(=O)OC(COC(=O)CCCC/C=C\C/C=C\C/C=C\C/C=C\CC)COP(=O)(O)OCC(CO)OC(=O)CCCCCCCCC/C=C\C/C=C\CCCCC. The van der Waals surface area contributed by atoms with Crippen molar-refractivity contribution in [2.75, 3.05) is 26.4 Å². The highest BCUT2D eigenvalue weighted by molar-refractivity contribution is 7.47. The average molecular weight is 1080 g/mol. The van der Waals surface area contributed by atoms with E-state index in [2.05, 4.69) is 142 Å². The number of allylic oxidation sites excluding steroid dienone is 20. The van der Waals surface area contributed by atoms with Gasteiger partial charge >= 0.3 is 25.7 Å².